The van der Waals surface area contributed by atoms with Crippen molar-refractivity contribution in [1.82, 2.24) is 15.3 Å². The second-order valence-electron chi connectivity index (χ2n) is 8.61. The van der Waals surface area contributed by atoms with Crippen molar-refractivity contribution in [1.29, 1.82) is 0 Å². The van der Waals surface area contributed by atoms with Gasteiger partial charge < -0.3 is 15.5 Å². The van der Waals surface area contributed by atoms with Gasteiger partial charge in [-0.05, 0) is 50.3 Å². The van der Waals surface area contributed by atoms with Crippen LogP contribution in [0.1, 0.15) is 48.5 Å². The van der Waals surface area contributed by atoms with Crippen LogP contribution in [0.5, 0.6) is 0 Å². The van der Waals surface area contributed by atoms with E-state index in [0.29, 0.717) is 18.0 Å². The van der Waals surface area contributed by atoms with Crippen molar-refractivity contribution in [2.75, 3.05) is 24.3 Å². The molecule has 1 aliphatic rings. The molecule has 2 N–H and O–H groups in total. The van der Waals surface area contributed by atoms with E-state index in [1.807, 2.05) is 61.5 Å². The lowest BCUT2D eigenvalue weighted by Crippen LogP contribution is -2.37. The van der Waals surface area contributed by atoms with Crippen molar-refractivity contribution in [3.8, 4) is 0 Å². The molecule has 0 bridgehead atoms. The summed E-state index contributed by atoms with van der Waals surface area (Å²) in [5.74, 6) is 1.77. The number of benzene rings is 2. The van der Waals surface area contributed by atoms with Crippen LogP contribution in [0.2, 0.25) is 0 Å². The maximum absolute atomic E-state index is 11.4. The Morgan fingerprint density at radius 1 is 0.968 bits per heavy atom. The SMILES string of the molecule is CC(=O)c1ccc(CN[C@H]2CC[C@@H](Nc3nc(N(C)C)c4ccccc4n3)CC2)cc1. The molecule has 1 fully saturated rings. The molecule has 0 aliphatic heterocycles. The zero-order valence-electron chi connectivity index (χ0n) is 18.6. The van der Waals surface area contributed by atoms with Crippen molar-refractivity contribution in [2.24, 2.45) is 0 Å². The molecule has 1 heterocycles. The summed E-state index contributed by atoms with van der Waals surface area (Å²) in [6.07, 6.45) is 4.43. The average molecular weight is 418 g/mol. The summed E-state index contributed by atoms with van der Waals surface area (Å²) in [5, 5.41) is 8.31. The number of nitrogens with one attached hydrogen (secondary N) is 2. The van der Waals surface area contributed by atoms with Gasteiger partial charge in [-0.25, -0.2) is 4.98 Å². The van der Waals surface area contributed by atoms with Gasteiger partial charge in [-0.1, -0.05) is 36.4 Å². The molecule has 162 valence electrons. The smallest absolute Gasteiger partial charge is 0.225 e. The highest BCUT2D eigenvalue weighted by atomic mass is 16.1. The van der Waals surface area contributed by atoms with Crippen molar-refractivity contribution >= 4 is 28.5 Å². The Labute approximate surface area is 184 Å². The molecule has 0 saturated heterocycles. The van der Waals surface area contributed by atoms with Crippen LogP contribution < -0.4 is 15.5 Å². The number of hydrogen-bond acceptors (Lipinski definition) is 6. The summed E-state index contributed by atoms with van der Waals surface area (Å²) < 4.78 is 0. The van der Waals surface area contributed by atoms with E-state index >= 15 is 0 Å². The largest absolute Gasteiger partial charge is 0.362 e. The molecular weight excluding hydrogens is 386 g/mol. The number of fused-ring (bicyclic) bond motifs is 1. The van der Waals surface area contributed by atoms with Crippen LogP contribution in [0.25, 0.3) is 10.9 Å². The molecular formula is C25H31N5O. The maximum atomic E-state index is 11.4. The van der Waals surface area contributed by atoms with E-state index in [1.165, 1.54) is 5.56 Å². The molecule has 6 nitrogen and oxygen atoms in total. The lowest BCUT2D eigenvalue weighted by atomic mass is 9.91. The zero-order valence-corrected chi connectivity index (χ0v) is 18.6. The lowest BCUT2D eigenvalue weighted by molar-refractivity contribution is 0.101. The minimum atomic E-state index is 0.110. The fraction of sp³-hybridized carbons (Fsp3) is 0.400. The third kappa shape index (κ3) is 5.20. The highest BCUT2D eigenvalue weighted by Gasteiger charge is 2.22. The van der Waals surface area contributed by atoms with Gasteiger partial charge in [0.15, 0.2) is 5.78 Å². The predicted molar refractivity (Wildman–Crippen MR) is 127 cm³/mol. The molecule has 1 aliphatic carbocycles. The molecule has 2 aromatic carbocycles. The fourth-order valence-corrected chi connectivity index (χ4v) is 4.21. The fourth-order valence-electron chi connectivity index (χ4n) is 4.21. The van der Waals surface area contributed by atoms with Gasteiger partial charge in [-0.2, -0.15) is 4.98 Å². The van der Waals surface area contributed by atoms with Gasteiger partial charge in [0, 0.05) is 43.7 Å². The van der Waals surface area contributed by atoms with Crippen LogP contribution in [0.4, 0.5) is 11.8 Å². The first-order valence-corrected chi connectivity index (χ1v) is 11.0. The van der Waals surface area contributed by atoms with Gasteiger partial charge >= 0.3 is 0 Å². The Morgan fingerprint density at radius 3 is 2.32 bits per heavy atom. The summed E-state index contributed by atoms with van der Waals surface area (Å²) in [6.45, 7) is 2.44. The summed E-state index contributed by atoms with van der Waals surface area (Å²) in [4.78, 5) is 23.0. The van der Waals surface area contributed by atoms with Crippen LogP contribution in [-0.4, -0.2) is 41.9 Å². The topological polar surface area (TPSA) is 70.2 Å². The molecule has 0 atom stereocenters. The van der Waals surface area contributed by atoms with E-state index in [2.05, 4.69) is 16.7 Å². The molecule has 0 radical (unpaired) electrons. The van der Waals surface area contributed by atoms with E-state index < -0.39 is 0 Å². The summed E-state index contributed by atoms with van der Waals surface area (Å²) in [6, 6.07) is 17.0. The van der Waals surface area contributed by atoms with Crippen LogP contribution in [0, 0.1) is 0 Å². The van der Waals surface area contributed by atoms with E-state index in [0.717, 1.165) is 54.5 Å². The van der Waals surface area contributed by atoms with Crippen LogP contribution in [0.15, 0.2) is 48.5 Å². The maximum Gasteiger partial charge on any atom is 0.225 e. The average Bonchev–Trinajstić information content (AvgIpc) is 2.78. The van der Waals surface area contributed by atoms with Crippen molar-refractivity contribution in [3.63, 3.8) is 0 Å². The molecule has 0 amide bonds. The van der Waals surface area contributed by atoms with Gasteiger partial charge in [0.25, 0.3) is 0 Å². The molecule has 1 saturated carbocycles. The van der Waals surface area contributed by atoms with Crippen LogP contribution >= 0.6 is 0 Å². The summed E-state index contributed by atoms with van der Waals surface area (Å²) in [5.41, 5.74) is 2.95. The minimum absolute atomic E-state index is 0.110. The number of nitrogens with zero attached hydrogens (tertiary/aromatic N) is 3. The number of hydrogen-bond donors (Lipinski definition) is 2. The molecule has 3 aromatic rings. The van der Waals surface area contributed by atoms with E-state index in [9.17, 15) is 4.79 Å². The van der Waals surface area contributed by atoms with Crippen molar-refractivity contribution in [3.05, 3.63) is 59.7 Å². The molecule has 0 unspecified atom stereocenters. The lowest BCUT2D eigenvalue weighted by Gasteiger charge is -2.30. The van der Waals surface area contributed by atoms with E-state index in [1.54, 1.807) is 6.92 Å². The second kappa shape index (κ2) is 9.43. The summed E-state index contributed by atoms with van der Waals surface area (Å²) >= 11 is 0. The molecule has 31 heavy (non-hydrogen) atoms. The Hall–Kier alpha value is -2.99. The first-order valence-electron chi connectivity index (χ1n) is 11.0. The highest BCUT2D eigenvalue weighted by Crippen LogP contribution is 2.26. The summed E-state index contributed by atoms with van der Waals surface area (Å²) in [7, 11) is 4.03. The van der Waals surface area contributed by atoms with E-state index in [-0.39, 0.29) is 5.78 Å². The third-order valence-corrected chi connectivity index (χ3v) is 6.02. The second-order valence-corrected chi connectivity index (χ2v) is 8.61. The Morgan fingerprint density at radius 2 is 1.65 bits per heavy atom. The van der Waals surface area contributed by atoms with Crippen molar-refractivity contribution < 1.29 is 4.79 Å². The number of rotatable bonds is 7. The number of carbonyl (C=O) groups excluding carboxylic acids is 1. The van der Waals surface area contributed by atoms with Gasteiger partial charge in [0.05, 0.1) is 5.52 Å². The van der Waals surface area contributed by atoms with Crippen LogP contribution in [-0.2, 0) is 6.54 Å². The molecule has 1 aromatic heterocycles. The predicted octanol–water partition coefficient (Wildman–Crippen LogP) is 4.41. The number of para-hydroxylation sites is 1. The normalized spacial score (nSPS) is 18.7. The number of carbonyl (C=O) groups is 1. The molecule has 4 rings (SSSR count). The number of aromatic nitrogens is 2. The van der Waals surface area contributed by atoms with Gasteiger partial charge in [-0.3, -0.25) is 4.79 Å². The number of Topliss-reactive ketones (excluding diaryl/α,β-unsaturated/α-hetero) is 1. The highest BCUT2D eigenvalue weighted by molar-refractivity contribution is 5.94. The first kappa shape index (κ1) is 21.2. The van der Waals surface area contributed by atoms with Crippen molar-refractivity contribution in [2.45, 2.75) is 51.2 Å². The van der Waals surface area contributed by atoms with Gasteiger partial charge in [0.2, 0.25) is 5.95 Å². The molecule has 6 heteroatoms. The number of ketones is 1. The Balaban J connectivity index is 1.31. The van der Waals surface area contributed by atoms with Crippen LogP contribution in [0.3, 0.4) is 0 Å². The minimum Gasteiger partial charge on any atom is -0.362 e. The zero-order chi connectivity index (χ0) is 21.8. The number of anilines is 2. The van der Waals surface area contributed by atoms with Gasteiger partial charge in [0.1, 0.15) is 5.82 Å². The first-order chi connectivity index (χ1) is 15.0. The van der Waals surface area contributed by atoms with Gasteiger partial charge in [-0.15, -0.1) is 0 Å². The van der Waals surface area contributed by atoms with E-state index in [4.69, 9.17) is 9.97 Å². The Bertz CT molecular complexity index is 1040. The third-order valence-electron chi connectivity index (χ3n) is 6.02. The monoisotopic (exact) mass is 417 g/mol. The standard InChI is InChI=1S/C25H31N5O/c1-17(31)19-10-8-18(9-11-19)16-26-20-12-14-21(15-13-20)27-25-28-23-7-5-4-6-22(23)24(29-25)30(2)3/h4-11,20-21,26H,12-16H2,1-3H3,(H,27,28,29)/t20-,21+. The quantitative estimate of drug-likeness (QED) is 0.555. The Kier molecular flexibility index (Phi) is 6.47. The molecule has 0 spiro atoms.